The van der Waals surface area contributed by atoms with E-state index in [1.807, 2.05) is 0 Å². The maximum Gasteiger partial charge on any atom is 0.409 e. The van der Waals surface area contributed by atoms with Crippen LogP contribution >= 0.6 is 0 Å². The fourth-order valence-electron chi connectivity index (χ4n) is 1.74. The van der Waals surface area contributed by atoms with Crippen molar-refractivity contribution in [1.29, 1.82) is 0 Å². The Morgan fingerprint density at radius 3 is 1.86 bits per heavy atom. The van der Waals surface area contributed by atoms with Crippen LogP contribution in [-0.2, 0) is 4.79 Å². The lowest BCUT2D eigenvalue weighted by molar-refractivity contribution is -0.273. The molecule has 3 nitrogen and oxygen atoms in total. The maximum absolute atomic E-state index is 12.6. The number of hydrogen-bond acceptors (Lipinski definition) is 2. The predicted octanol–water partition coefficient (Wildman–Crippen LogP) is 3.36. The van der Waals surface area contributed by atoms with Gasteiger partial charge in [-0.15, -0.1) is 0 Å². The van der Waals surface area contributed by atoms with Crippen molar-refractivity contribution >= 4 is 17.3 Å². The van der Waals surface area contributed by atoms with Crippen LogP contribution in [0.2, 0.25) is 0 Å². The molecule has 0 unspecified atom stereocenters. The van der Waals surface area contributed by atoms with E-state index in [2.05, 4.69) is 0 Å². The first-order valence-corrected chi connectivity index (χ1v) is 5.78. The molecule has 0 spiro atoms. The number of nitrogens with two attached hydrogens (primary N) is 1. The number of benzene rings is 1. The summed E-state index contributed by atoms with van der Waals surface area (Å²) in [7, 11) is 0. The van der Waals surface area contributed by atoms with Crippen LogP contribution in [0.3, 0.4) is 0 Å². The Bertz CT molecular complexity index is 480. The average molecular weight is 314 g/mol. The molecule has 0 aliphatic carbocycles. The van der Waals surface area contributed by atoms with Crippen molar-refractivity contribution in [2.75, 3.05) is 17.2 Å². The van der Waals surface area contributed by atoms with Crippen LogP contribution in [0.25, 0.3) is 0 Å². The van der Waals surface area contributed by atoms with Gasteiger partial charge in [-0.3, -0.25) is 4.79 Å². The van der Waals surface area contributed by atoms with E-state index in [1.54, 1.807) is 0 Å². The van der Waals surface area contributed by atoms with Gasteiger partial charge in [-0.05, 0) is 31.2 Å². The van der Waals surface area contributed by atoms with Crippen molar-refractivity contribution in [2.24, 2.45) is 5.92 Å². The minimum Gasteiger partial charge on any atom is -0.399 e. The summed E-state index contributed by atoms with van der Waals surface area (Å²) in [5.74, 6) is -6.12. The summed E-state index contributed by atoms with van der Waals surface area (Å²) in [6, 6.07) is 4.92. The zero-order valence-electron chi connectivity index (χ0n) is 10.8. The maximum atomic E-state index is 12.6. The molecule has 1 aromatic rings. The summed E-state index contributed by atoms with van der Waals surface area (Å²) < 4.78 is 75.3. The lowest BCUT2D eigenvalue weighted by Crippen LogP contribution is -2.49. The zero-order chi connectivity index (χ0) is 16.4. The molecule has 0 radical (unpaired) electrons. The smallest absolute Gasteiger partial charge is 0.399 e. The van der Waals surface area contributed by atoms with Crippen molar-refractivity contribution in [3.63, 3.8) is 0 Å². The highest BCUT2D eigenvalue weighted by Crippen LogP contribution is 2.41. The molecule has 21 heavy (non-hydrogen) atoms. The van der Waals surface area contributed by atoms with Gasteiger partial charge in [0.05, 0.1) is 0 Å². The van der Waals surface area contributed by atoms with E-state index in [0.29, 0.717) is 4.90 Å². The predicted molar refractivity (Wildman–Crippen MR) is 64.5 cm³/mol. The molecule has 0 aliphatic rings. The standard InChI is InChI=1S/C12H12F6N2O/c1-2-20(8-5-3-7(19)4-6-8)10(21)9(11(13,14)15)12(16,17)18/h3-6,9H,2,19H2,1H3. The van der Waals surface area contributed by atoms with E-state index in [9.17, 15) is 31.1 Å². The van der Waals surface area contributed by atoms with Gasteiger partial charge >= 0.3 is 12.4 Å². The number of amides is 1. The Kier molecular flexibility index (Phi) is 4.75. The van der Waals surface area contributed by atoms with E-state index in [1.165, 1.54) is 31.2 Å². The Hall–Kier alpha value is -1.93. The summed E-state index contributed by atoms with van der Waals surface area (Å²) >= 11 is 0. The van der Waals surface area contributed by atoms with Gasteiger partial charge in [0, 0.05) is 17.9 Å². The van der Waals surface area contributed by atoms with Gasteiger partial charge in [0.25, 0.3) is 0 Å². The van der Waals surface area contributed by atoms with Crippen molar-refractivity contribution in [2.45, 2.75) is 19.3 Å². The van der Waals surface area contributed by atoms with Crippen molar-refractivity contribution in [1.82, 2.24) is 0 Å². The lowest BCUT2D eigenvalue weighted by Gasteiger charge is -2.28. The summed E-state index contributed by atoms with van der Waals surface area (Å²) in [5, 5.41) is 0. The van der Waals surface area contributed by atoms with Crippen molar-refractivity contribution in [3.8, 4) is 0 Å². The van der Waals surface area contributed by atoms with Crippen LogP contribution in [-0.4, -0.2) is 24.8 Å². The molecule has 1 amide bonds. The van der Waals surface area contributed by atoms with Crippen LogP contribution in [0.1, 0.15) is 6.92 Å². The molecule has 118 valence electrons. The van der Waals surface area contributed by atoms with Gasteiger partial charge < -0.3 is 10.6 Å². The number of rotatable bonds is 3. The highest BCUT2D eigenvalue weighted by atomic mass is 19.4. The number of alkyl halides is 6. The van der Waals surface area contributed by atoms with E-state index in [4.69, 9.17) is 5.73 Å². The zero-order valence-corrected chi connectivity index (χ0v) is 10.8. The Morgan fingerprint density at radius 2 is 1.52 bits per heavy atom. The number of hydrogen-bond donors (Lipinski definition) is 1. The van der Waals surface area contributed by atoms with Crippen LogP contribution < -0.4 is 10.6 Å². The quantitative estimate of drug-likeness (QED) is 0.687. The SMILES string of the molecule is CCN(C(=O)C(C(F)(F)F)C(F)(F)F)c1ccc(N)cc1. The van der Waals surface area contributed by atoms with Crippen molar-refractivity contribution in [3.05, 3.63) is 24.3 Å². The van der Waals surface area contributed by atoms with Gasteiger partial charge in [-0.25, -0.2) is 0 Å². The molecule has 0 fully saturated rings. The molecule has 0 saturated heterocycles. The number of carbonyl (C=O) groups is 1. The molecule has 0 heterocycles. The molecule has 1 rings (SSSR count). The molecule has 0 aliphatic heterocycles. The molecule has 0 bridgehead atoms. The van der Waals surface area contributed by atoms with Gasteiger partial charge in [-0.2, -0.15) is 26.3 Å². The van der Waals surface area contributed by atoms with Gasteiger partial charge in [0.2, 0.25) is 11.8 Å². The molecule has 1 aromatic carbocycles. The summed E-state index contributed by atoms with van der Waals surface area (Å²) in [4.78, 5) is 12.1. The van der Waals surface area contributed by atoms with Gasteiger partial charge in [-0.1, -0.05) is 0 Å². The molecule has 0 atom stereocenters. The number of carbonyl (C=O) groups excluding carboxylic acids is 1. The fourth-order valence-corrected chi connectivity index (χ4v) is 1.74. The minimum absolute atomic E-state index is 0.0878. The Balaban J connectivity index is 3.20. The highest BCUT2D eigenvalue weighted by Gasteiger charge is 2.62. The number of nitrogens with zero attached hydrogens (tertiary/aromatic N) is 1. The minimum atomic E-state index is -5.71. The molecule has 9 heteroatoms. The average Bonchev–Trinajstić information content (AvgIpc) is 2.28. The molecule has 2 N–H and O–H groups in total. The van der Waals surface area contributed by atoms with Crippen LogP contribution in [0.15, 0.2) is 24.3 Å². The molecular formula is C12H12F6N2O. The number of halogens is 6. The van der Waals surface area contributed by atoms with E-state index in [0.717, 1.165) is 0 Å². The first-order chi connectivity index (χ1) is 9.48. The van der Waals surface area contributed by atoms with E-state index < -0.39 is 24.2 Å². The van der Waals surface area contributed by atoms with E-state index >= 15 is 0 Å². The van der Waals surface area contributed by atoms with Gasteiger partial charge in [0.1, 0.15) is 0 Å². The number of anilines is 2. The first kappa shape index (κ1) is 17.1. The lowest BCUT2D eigenvalue weighted by atomic mass is 10.1. The van der Waals surface area contributed by atoms with Gasteiger partial charge in [0.15, 0.2) is 0 Å². The van der Waals surface area contributed by atoms with Crippen molar-refractivity contribution < 1.29 is 31.1 Å². The molecular weight excluding hydrogens is 302 g/mol. The fraction of sp³-hybridized carbons (Fsp3) is 0.417. The molecule has 0 saturated carbocycles. The summed E-state index contributed by atoms with van der Waals surface area (Å²) in [6.45, 7) is 0.934. The third-order valence-corrected chi connectivity index (χ3v) is 2.69. The summed E-state index contributed by atoms with van der Waals surface area (Å²) in [5.41, 5.74) is 5.56. The van der Waals surface area contributed by atoms with Crippen LogP contribution in [0.5, 0.6) is 0 Å². The summed E-state index contributed by atoms with van der Waals surface area (Å²) in [6.07, 6.45) is -11.4. The topological polar surface area (TPSA) is 46.3 Å². The largest absolute Gasteiger partial charge is 0.409 e. The Labute approximate surface area is 116 Å². The second kappa shape index (κ2) is 5.82. The van der Waals surface area contributed by atoms with Crippen LogP contribution in [0, 0.1) is 5.92 Å². The highest BCUT2D eigenvalue weighted by molar-refractivity contribution is 5.96. The third-order valence-electron chi connectivity index (χ3n) is 2.69. The first-order valence-electron chi connectivity index (χ1n) is 5.78. The Morgan fingerprint density at radius 1 is 1.10 bits per heavy atom. The monoisotopic (exact) mass is 314 g/mol. The normalized spacial score (nSPS) is 12.6. The van der Waals surface area contributed by atoms with Crippen LogP contribution in [0.4, 0.5) is 37.7 Å². The second-order valence-corrected chi connectivity index (χ2v) is 4.19. The third kappa shape index (κ3) is 4.02. The molecule has 0 aromatic heterocycles. The second-order valence-electron chi connectivity index (χ2n) is 4.19. The number of nitrogen functional groups attached to an aromatic ring is 1. The van der Waals surface area contributed by atoms with E-state index in [-0.39, 0.29) is 17.9 Å².